The third-order valence-corrected chi connectivity index (χ3v) is 1.77. The van der Waals surface area contributed by atoms with Crippen LogP contribution in [0.15, 0.2) is 30.3 Å². The smallest absolute Gasteiger partial charge is 0.255 e. The number of carbonyl (C=O) groups is 1. The molecule has 0 aromatic heterocycles. The molecule has 76 valence electrons. The molecule has 1 aromatic rings. The van der Waals surface area contributed by atoms with E-state index >= 15 is 0 Å². The molecule has 1 aromatic carbocycles. The number of nitrogens with zero attached hydrogens (tertiary/aromatic N) is 1. The van der Waals surface area contributed by atoms with Crippen molar-refractivity contribution in [2.24, 2.45) is 5.73 Å². The van der Waals surface area contributed by atoms with Gasteiger partial charge in [-0.25, -0.2) is 5.01 Å². The van der Waals surface area contributed by atoms with Crippen LogP contribution in [0.5, 0.6) is 0 Å². The molecule has 0 fully saturated rings. The number of carbonyl (C=O) groups excluding carboxylic acids is 1. The van der Waals surface area contributed by atoms with Crippen molar-refractivity contribution in [2.45, 2.75) is 6.04 Å². The van der Waals surface area contributed by atoms with Crippen molar-refractivity contribution in [3.63, 3.8) is 0 Å². The molecule has 3 N–H and O–H groups in total. The standard InChI is InChI=1S/C10H15N3O/c1-13(2)12-10(14)9(11)8-6-4-3-5-7-8/h3-7,9H,11H2,1-2H3,(H,12,14)/t9-/m0/s1. The van der Waals surface area contributed by atoms with Gasteiger partial charge >= 0.3 is 0 Å². The maximum Gasteiger partial charge on any atom is 0.255 e. The van der Waals surface area contributed by atoms with E-state index in [1.807, 2.05) is 30.3 Å². The summed E-state index contributed by atoms with van der Waals surface area (Å²) in [4.78, 5) is 11.5. The molecule has 0 unspecified atom stereocenters. The Hall–Kier alpha value is -1.39. The van der Waals surface area contributed by atoms with E-state index in [0.717, 1.165) is 5.56 Å². The molecule has 0 bridgehead atoms. The molecule has 1 rings (SSSR count). The topological polar surface area (TPSA) is 58.4 Å². The van der Waals surface area contributed by atoms with Gasteiger partial charge in [-0.3, -0.25) is 10.2 Å². The maximum atomic E-state index is 11.5. The third kappa shape index (κ3) is 2.83. The van der Waals surface area contributed by atoms with Crippen molar-refractivity contribution in [2.75, 3.05) is 14.1 Å². The second-order valence-corrected chi connectivity index (χ2v) is 3.26. The van der Waals surface area contributed by atoms with E-state index in [9.17, 15) is 4.79 Å². The fourth-order valence-corrected chi connectivity index (χ4v) is 1.10. The molecule has 0 aliphatic heterocycles. The van der Waals surface area contributed by atoms with E-state index in [2.05, 4.69) is 5.43 Å². The quantitative estimate of drug-likeness (QED) is 0.678. The van der Waals surface area contributed by atoms with E-state index in [1.54, 1.807) is 19.1 Å². The Bertz CT molecular complexity index is 297. The monoisotopic (exact) mass is 193 g/mol. The first-order valence-electron chi connectivity index (χ1n) is 4.39. The highest BCUT2D eigenvalue weighted by Crippen LogP contribution is 2.08. The van der Waals surface area contributed by atoms with Gasteiger partial charge in [-0.15, -0.1) is 0 Å². The van der Waals surface area contributed by atoms with Crippen molar-refractivity contribution in [3.05, 3.63) is 35.9 Å². The second-order valence-electron chi connectivity index (χ2n) is 3.26. The summed E-state index contributed by atoms with van der Waals surface area (Å²) in [5, 5.41) is 1.57. The van der Waals surface area contributed by atoms with Crippen LogP contribution >= 0.6 is 0 Å². The van der Waals surface area contributed by atoms with Crippen LogP contribution in [0.25, 0.3) is 0 Å². The highest BCUT2D eigenvalue weighted by atomic mass is 16.2. The number of benzene rings is 1. The molecule has 0 aliphatic rings. The maximum absolute atomic E-state index is 11.5. The zero-order valence-corrected chi connectivity index (χ0v) is 8.40. The largest absolute Gasteiger partial charge is 0.316 e. The van der Waals surface area contributed by atoms with Crippen molar-refractivity contribution in [1.82, 2.24) is 10.4 Å². The molecule has 0 radical (unpaired) electrons. The van der Waals surface area contributed by atoms with Crippen molar-refractivity contribution >= 4 is 5.91 Å². The minimum absolute atomic E-state index is 0.207. The first-order chi connectivity index (χ1) is 6.61. The Morgan fingerprint density at radius 1 is 1.36 bits per heavy atom. The van der Waals surface area contributed by atoms with Crippen LogP contribution < -0.4 is 11.2 Å². The van der Waals surface area contributed by atoms with E-state index < -0.39 is 6.04 Å². The van der Waals surface area contributed by atoms with Crippen molar-refractivity contribution < 1.29 is 4.79 Å². The normalized spacial score (nSPS) is 12.6. The van der Waals surface area contributed by atoms with Gasteiger partial charge in [-0.2, -0.15) is 0 Å². The molecule has 0 heterocycles. The molecule has 1 atom stereocenters. The summed E-state index contributed by atoms with van der Waals surface area (Å²) in [7, 11) is 3.49. The number of rotatable bonds is 3. The Morgan fingerprint density at radius 2 is 1.93 bits per heavy atom. The van der Waals surface area contributed by atoms with Gasteiger partial charge < -0.3 is 5.73 Å². The summed E-state index contributed by atoms with van der Waals surface area (Å²) in [6.07, 6.45) is 0. The lowest BCUT2D eigenvalue weighted by Crippen LogP contribution is -2.41. The lowest BCUT2D eigenvalue weighted by molar-refractivity contribution is -0.126. The van der Waals surface area contributed by atoms with Crippen LogP contribution in [-0.4, -0.2) is 25.0 Å². The van der Waals surface area contributed by atoms with Gasteiger partial charge in [0.25, 0.3) is 5.91 Å². The van der Waals surface area contributed by atoms with Crippen LogP contribution in [0.1, 0.15) is 11.6 Å². The Morgan fingerprint density at radius 3 is 2.43 bits per heavy atom. The SMILES string of the molecule is CN(C)NC(=O)[C@@H](N)c1ccccc1. The summed E-state index contributed by atoms with van der Waals surface area (Å²) >= 11 is 0. The number of hydrazine groups is 1. The van der Waals surface area contributed by atoms with Gasteiger partial charge in [-0.05, 0) is 5.56 Å². The van der Waals surface area contributed by atoms with Gasteiger partial charge in [-0.1, -0.05) is 30.3 Å². The summed E-state index contributed by atoms with van der Waals surface area (Å²) < 4.78 is 0. The molecule has 1 amide bonds. The highest BCUT2D eigenvalue weighted by Gasteiger charge is 2.15. The zero-order valence-electron chi connectivity index (χ0n) is 8.40. The first-order valence-corrected chi connectivity index (χ1v) is 4.39. The predicted molar refractivity (Wildman–Crippen MR) is 55.2 cm³/mol. The second kappa shape index (κ2) is 4.74. The van der Waals surface area contributed by atoms with Gasteiger partial charge in [0.1, 0.15) is 6.04 Å². The summed E-state index contributed by atoms with van der Waals surface area (Å²) in [5.74, 6) is -0.207. The predicted octanol–water partition coefficient (Wildman–Crippen LogP) is 0.279. The first kappa shape index (κ1) is 10.7. The molecular weight excluding hydrogens is 178 g/mol. The lowest BCUT2D eigenvalue weighted by atomic mass is 10.1. The van der Waals surface area contributed by atoms with E-state index in [1.165, 1.54) is 0 Å². The highest BCUT2D eigenvalue weighted by molar-refractivity contribution is 5.82. The van der Waals surface area contributed by atoms with Crippen molar-refractivity contribution in [3.8, 4) is 0 Å². The van der Waals surface area contributed by atoms with E-state index in [0.29, 0.717) is 0 Å². The summed E-state index contributed by atoms with van der Waals surface area (Å²) in [6.45, 7) is 0. The molecular formula is C10H15N3O. The average molecular weight is 193 g/mol. The number of nitrogens with one attached hydrogen (secondary N) is 1. The van der Waals surface area contributed by atoms with Crippen LogP contribution in [0.3, 0.4) is 0 Å². The molecule has 0 spiro atoms. The minimum atomic E-state index is -0.612. The van der Waals surface area contributed by atoms with Gasteiger partial charge in [0.15, 0.2) is 0 Å². The van der Waals surface area contributed by atoms with Crippen LogP contribution in [0.4, 0.5) is 0 Å². The van der Waals surface area contributed by atoms with Gasteiger partial charge in [0.2, 0.25) is 0 Å². The average Bonchev–Trinajstić information content (AvgIpc) is 2.17. The Labute approximate surface area is 83.7 Å². The molecule has 4 nitrogen and oxygen atoms in total. The fraction of sp³-hybridized carbons (Fsp3) is 0.300. The van der Waals surface area contributed by atoms with E-state index in [-0.39, 0.29) is 5.91 Å². The van der Waals surface area contributed by atoms with Crippen LogP contribution in [0, 0.1) is 0 Å². The zero-order chi connectivity index (χ0) is 10.6. The molecule has 4 heteroatoms. The molecule has 0 aliphatic carbocycles. The Kier molecular flexibility index (Phi) is 3.62. The number of hydrogen-bond acceptors (Lipinski definition) is 3. The number of nitrogens with two attached hydrogens (primary N) is 1. The van der Waals surface area contributed by atoms with Gasteiger partial charge in [0.05, 0.1) is 0 Å². The number of amides is 1. The Balaban J connectivity index is 2.66. The summed E-state index contributed by atoms with van der Waals surface area (Å²) in [5.41, 5.74) is 9.17. The molecule has 14 heavy (non-hydrogen) atoms. The molecule has 0 saturated carbocycles. The third-order valence-electron chi connectivity index (χ3n) is 1.77. The van der Waals surface area contributed by atoms with Crippen LogP contribution in [-0.2, 0) is 4.79 Å². The number of hydrogen-bond donors (Lipinski definition) is 2. The van der Waals surface area contributed by atoms with Gasteiger partial charge in [0, 0.05) is 14.1 Å². The molecule has 0 saturated heterocycles. The lowest BCUT2D eigenvalue weighted by Gasteiger charge is -2.16. The summed E-state index contributed by atoms with van der Waals surface area (Å²) in [6, 6.07) is 8.66. The fourth-order valence-electron chi connectivity index (χ4n) is 1.10. The van der Waals surface area contributed by atoms with E-state index in [4.69, 9.17) is 5.73 Å². The van der Waals surface area contributed by atoms with Crippen molar-refractivity contribution in [1.29, 1.82) is 0 Å². The minimum Gasteiger partial charge on any atom is -0.316 e. The van der Waals surface area contributed by atoms with Crippen LogP contribution in [0.2, 0.25) is 0 Å².